The number of hydrogen-bond acceptors (Lipinski definition) is 3. The van der Waals surface area contributed by atoms with Crippen molar-refractivity contribution in [3.8, 4) is 17.7 Å². The van der Waals surface area contributed by atoms with Gasteiger partial charge in [0, 0.05) is 12.3 Å². The molecule has 0 aliphatic rings. The first kappa shape index (κ1) is 14.1. The van der Waals surface area contributed by atoms with Crippen LogP contribution in [-0.2, 0) is 5.41 Å². The number of aromatic nitrogens is 1. The normalized spacial score (nSPS) is 10.9. The van der Waals surface area contributed by atoms with E-state index in [1.165, 1.54) is 11.8 Å². The first-order chi connectivity index (χ1) is 9.40. The number of pyridine rings is 1. The molecule has 3 nitrogen and oxygen atoms in total. The molecule has 0 spiro atoms. The third kappa shape index (κ3) is 3.16. The van der Waals surface area contributed by atoms with Crippen molar-refractivity contribution in [1.82, 2.24) is 4.98 Å². The number of nitrogens with zero attached hydrogens (tertiary/aromatic N) is 2. The molecular formula is C17H18N2O. The summed E-state index contributed by atoms with van der Waals surface area (Å²) in [6.07, 6.45) is 1.51. The molecule has 102 valence electrons. The maximum atomic E-state index is 8.74. The van der Waals surface area contributed by atoms with Gasteiger partial charge < -0.3 is 4.74 Å². The summed E-state index contributed by atoms with van der Waals surface area (Å²) in [6.45, 7) is 8.58. The molecule has 0 fully saturated rings. The summed E-state index contributed by atoms with van der Waals surface area (Å²) < 4.78 is 5.76. The first-order valence-corrected chi connectivity index (χ1v) is 6.55. The van der Waals surface area contributed by atoms with Crippen molar-refractivity contribution in [2.75, 3.05) is 0 Å². The molecule has 2 aromatic rings. The summed E-state index contributed by atoms with van der Waals surface area (Å²) in [7, 11) is 0. The van der Waals surface area contributed by atoms with Crippen molar-refractivity contribution >= 4 is 0 Å². The zero-order valence-electron chi connectivity index (χ0n) is 12.3. The molecule has 0 aliphatic heterocycles. The van der Waals surface area contributed by atoms with E-state index in [0.29, 0.717) is 11.4 Å². The van der Waals surface area contributed by atoms with Crippen LogP contribution in [0.2, 0.25) is 0 Å². The fraction of sp³-hybridized carbons (Fsp3) is 0.294. The topological polar surface area (TPSA) is 45.9 Å². The van der Waals surface area contributed by atoms with E-state index in [1.807, 2.05) is 19.1 Å². The van der Waals surface area contributed by atoms with Crippen molar-refractivity contribution in [2.45, 2.75) is 33.1 Å². The Labute approximate surface area is 119 Å². The molecule has 0 aliphatic carbocycles. The summed E-state index contributed by atoms with van der Waals surface area (Å²) in [4.78, 5) is 4.11. The van der Waals surface area contributed by atoms with Gasteiger partial charge in [-0.25, -0.2) is 4.98 Å². The molecule has 1 aromatic carbocycles. The fourth-order valence-electron chi connectivity index (χ4n) is 1.85. The lowest BCUT2D eigenvalue weighted by Crippen LogP contribution is -2.11. The van der Waals surface area contributed by atoms with Gasteiger partial charge in [-0.3, -0.25) is 0 Å². The predicted molar refractivity (Wildman–Crippen MR) is 78.9 cm³/mol. The number of nitriles is 1. The van der Waals surface area contributed by atoms with Crippen LogP contribution in [0, 0.1) is 18.3 Å². The van der Waals surface area contributed by atoms with Crippen LogP contribution in [0.5, 0.6) is 11.6 Å². The highest BCUT2D eigenvalue weighted by Gasteiger charge is 2.15. The molecule has 0 unspecified atom stereocenters. The molecule has 0 N–H and O–H groups in total. The average Bonchev–Trinajstić information content (AvgIpc) is 2.41. The molecule has 0 saturated carbocycles. The highest BCUT2D eigenvalue weighted by molar-refractivity contribution is 5.41. The van der Waals surface area contributed by atoms with Crippen LogP contribution < -0.4 is 4.74 Å². The first-order valence-electron chi connectivity index (χ1n) is 6.55. The molecule has 0 saturated heterocycles. The minimum atomic E-state index is 0.121. The molecular weight excluding hydrogens is 248 g/mol. The van der Waals surface area contributed by atoms with Gasteiger partial charge in [0.25, 0.3) is 0 Å². The van der Waals surface area contributed by atoms with E-state index in [2.05, 4.69) is 37.9 Å². The van der Waals surface area contributed by atoms with Gasteiger partial charge >= 0.3 is 0 Å². The van der Waals surface area contributed by atoms with Gasteiger partial charge in [0.2, 0.25) is 5.88 Å². The second kappa shape index (κ2) is 5.34. The second-order valence-corrected chi connectivity index (χ2v) is 5.83. The third-order valence-corrected chi connectivity index (χ3v) is 3.12. The Morgan fingerprint density at radius 2 is 1.90 bits per heavy atom. The number of ether oxygens (including phenoxy) is 1. The quantitative estimate of drug-likeness (QED) is 0.811. The Morgan fingerprint density at radius 3 is 2.40 bits per heavy atom. The SMILES string of the molecule is Cc1cc(C(C)(C)C)ccc1Oc1ccc(C#N)cn1. The van der Waals surface area contributed by atoms with Crippen molar-refractivity contribution < 1.29 is 4.74 Å². The van der Waals surface area contributed by atoms with Crippen molar-refractivity contribution in [1.29, 1.82) is 5.26 Å². The number of aryl methyl sites for hydroxylation is 1. The third-order valence-electron chi connectivity index (χ3n) is 3.12. The molecule has 20 heavy (non-hydrogen) atoms. The Balaban J connectivity index is 2.23. The maximum absolute atomic E-state index is 8.74. The van der Waals surface area contributed by atoms with Crippen LogP contribution in [0.25, 0.3) is 0 Å². The lowest BCUT2D eigenvalue weighted by Gasteiger charge is -2.20. The minimum Gasteiger partial charge on any atom is -0.439 e. The zero-order valence-corrected chi connectivity index (χ0v) is 12.3. The van der Waals surface area contributed by atoms with Gasteiger partial charge in [0.1, 0.15) is 11.8 Å². The van der Waals surface area contributed by atoms with E-state index in [1.54, 1.807) is 12.1 Å². The molecule has 1 heterocycles. The summed E-state index contributed by atoms with van der Waals surface area (Å²) in [5, 5.41) is 8.74. The summed E-state index contributed by atoms with van der Waals surface area (Å²) in [5.74, 6) is 1.28. The molecule has 3 heteroatoms. The number of benzene rings is 1. The van der Waals surface area contributed by atoms with E-state index < -0.39 is 0 Å². The lowest BCUT2D eigenvalue weighted by atomic mass is 9.86. The Bertz CT molecular complexity index is 646. The molecule has 2 rings (SSSR count). The second-order valence-electron chi connectivity index (χ2n) is 5.83. The van der Waals surface area contributed by atoms with Crippen molar-refractivity contribution in [3.05, 3.63) is 53.2 Å². The molecule has 1 aromatic heterocycles. The predicted octanol–water partition coefficient (Wildman–Crippen LogP) is 4.35. The van der Waals surface area contributed by atoms with Gasteiger partial charge in [-0.15, -0.1) is 0 Å². The maximum Gasteiger partial charge on any atom is 0.219 e. The van der Waals surface area contributed by atoms with Crippen LogP contribution in [0.1, 0.15) is 37.5 Å². The van der Waals surface area contributed by atoms with Crippen LogP contribution in [-0.4, -0.2) is 4.98 Å². The zero-order chi connectivity index (χ0) is 14.8. The monoisotopic (exact) mass is 266 g/mol. The molecule has 0 radical (unpaired) electrons. The average molecular weight is 266 g/mol. The van der Waals surface area contributed by atoms with Crippen LogP contribution in [0.15, 0.2) is 36.5 Å². The van der Waals surface area contributed by atoms with E-state index in [-0.39, 0.29) is 5.41 Å². The molecule has 0 amide bonds. The van der Waals surface area contributed by atoms with Crippen LogP contribution >= 0.6 is 0 Å². The van der Waals surface area contributed by atoms with Gasteiger partial charge in [-0.2, -0.15) is 5.26 Å². The Morgan fingerprint density at radius 1 is 1.15 bits per heavy atom. The largest absolute Gasteiger partial charge is 0.439 e. The van der Waals surface area contributed by atoms with E-state index in [9.17, 15) is 0 Å². The highest BCUT2D eigenvalue weighted by Crippen LogP contribution is 2.29. The minimum absolute atomic E-state index is 0.121. The fourth-order valence-corrected chi connectivity index (χ4v) is 1.85. The van der Waals surface area contributed by atoms with Crippen LogP contribution in [0.3, 0.4) is 0 Å². The summed E-state index contributed by atoms with van der Waals surface area (Å²) in [6, 6.07) is 11.6. The van der Waals surface area contributed by atoms with Gasteiger partial charge in [0.15, 0.2) is 0 Å². The summed E-state index contributed by atoms with van der Waals surface area (Å²) in [5.41, 5.74) is 2.99. The van der Waals surface area contributed by atoms with Crippen molar-refractivity contribution in [3.63, 3.8) is 0 Å². The highest BCUT2D eigenvalue weighted by atomic mass is 16.5. The molecule has 0 bridgehead atoms. The Hall–Kier alpha value is -2.34. The van der Waals surface area contributed by atoms with Crippen LogP contribution in [0.4, 0.5) is 0 Å². The standard InChI is InChI=1S/C17H18N2O/c1-12-9-14(17(2,3)4)6-7-15(12)20-16-8-5-13(10-18)11-19-16/h5-9,11H,1-4H3. The number of rotatable bonds is 2. The van der Waals surface area contributed by atoms with E-state index in [0.717, 1.165) is 11.3 Å². The van der Waals surface area contributed by atoms with Gasteiger partial charge in [0.05, 0.1) is 5.56 Å². The smallest absolute Gasteiger partial charge is 0.219 e. The number of hydrogen-bond donors (Lipinski definition) is 0. The van der Waals surface area contributed by atoms with E-state index >= 15 is 0 Å². The Kier molecular flexibility index (Phi) is 3.76. The lowest BCUT2D eigenvalue weighted by molar-refractivity contribution is 0.458. The summed E-state index contributed by atoms with van der Waals surface area (Å²) >= 11 is 0. The molecule has 0 atom stereocenters. The van der Waals surface area contributed by atoms with Gasteiger partial charge in [-0.1, -0.05) is 32.9 Å². The van der Waals surface area contributed by atoms with Gasteiger partial charge in [-0.05, 0) is 35.6 Å². The van der Waals surface area contributed by atoms with Crippen molar-refractivity contribution in [2.24, 2.45) is 0 Å². The van der Waals surface area contributed by atoms with E-state index in [4.69, 9.17) is 10.00 Å².